The number of H-pyrrole nitrogens is 1. The second-order valence-electron chi connectivity index (χ2n) is 4.65. The Labute approximate surface area is 119 Å². The first-order valence-corrected chi connectivity index (χ1v) is 7.05. The molecule has 0 fully saturated rings. The minimum Gasteiger partial charge on any atom is -0.348 e. The number of nitrogens with zero attached hydrogens (tertiary/aromatic N) is 1. The van der Waals surface area contributed by atoms with Crippen LogP contribution in [0.4, 0.5) is 0 Å². The number of allylic oxidation sites excluding steroid dienone is 1. The number of unbranched alkanes of at least 4 members (excludes halogenated alkanes) is 2. The average molecular weight is 275 g/mol. The normalized spacial score (nSPS) is 11.3. The average Bonchev–Trinajstić information content (AvgIpc) is 2.81. The number of aryl methyl sites for hydroxylation is 2. The van der Waals surface area contributed by atoms with Crippen molar-refractivity contribution in [2.24, 2.45) is 0 Å². The molecule has 0 saturated heterocycles. The standard InChI is InChI=1S/C16H19ClN2/c1-13-16(19-12-18-13)11-5-3-2-4-8-14-9-6-7-10-15(14)17/h5-7,9-12H,2-4,8H2,1H3,(H,18,19). The van der Waals surface area contributed by atoms with Crippen LogP contribution in [0.15, 0.2) is 36.7 Å². The van der Waals surface area contributed by atoms with E-state index >= 15 is 0 Å². The predicted molar refractivity (Wildman–Crippen MR) is 81.4 cm³/mol. The topological polar surface area (TPSA) is 28.7 Å². The summed E-state index contributed by atoms with van der Waals surface area (Å²) in [4.78, 5) is 7.30. The lowest BCUT2D eigenvalue weighted by Gasteiger charge is -2.02. The molecule has 0 aliphatic heterocycles. The summed E-state index contributed by atoms with van der Waals surface area (Å²) in [6, 6.07) is 8.07. The number of benzene rings is 1. The van der Waals surface area contributed by atoms with Crippen molar-refractivity contribution in [3.05, 3.63) is 58.6 Å². The smallest absolute Gasteiger partial charge is 0.0929 e. The number of hydrogen-bond donors (Lipinski definition) is 1. The van der Waals surface area contributed by atoms with E-state index in [0.29, 0.717) is 0 Å². The van der Waals surface area contributed by atoms with Crippen molar-refractivity contribution in [1.29, 1.82) is 0 Å². The van der Waals surface area contributed by atoms with Crippen LogP contribution in [0.25, 0.3) is 6.08 Å². The molecule has 100 valence electrons. The summed E-state index contributed by atoms with van der Waals surface area (Å²) in [5.74, 6) is 0. The second kappa shape index (κ2) is 7.15. The number of aromatic amines is 1. The summed E-state index contributed by atoms with van der Waals surface area (Å²) < 4.78 is 0. The highest BCUT2D eigenvalue weighted by Crippen LogP contribution is 2.17. The zero-order valence-corrected chi connectivity index (χ0v) is 12.0. The van der Waals surface area contributed by atoms with Crippen molar-refractivity contribution in [3.8, 4) is 0 Å². The number of halogens is 1. The highest BCUT2D eigenvalue weighted by molar-refractivity contribution is 6.31. The Morgan fingerprint density at radius 1 is 1.26 bits per heavy atom. The van der Waals surface area contributed by atoms with E-state index in [4.69, 9.17) is 11.6 Å². The fraction of sp³-hybridized carbons (Fsp3) is 0.312. The lowest BCUT2D eigenvalue weighted by molar-refractivity contribution is 0.749. The van der Waals surface area contributed by atoms with Gasteiger partial charge < -0.3 is 4.98 Å². The van der Waals surface area contributed by atoms with Gasteiger partial charge in [-0.25, -0.2) is 4.98 Å². The van der Waals surface area contributed by atoms with Gasteiger partial charge in [-0.1, -0.05) is 35.9 Å². The van der Waals surface area contributed by atoms with Gasteiger partial charge >= 0.3 is 0 Å². The number of nitrogens with one attached hydrogen (secondary N) is 1. The minimum absolute atomic E-state index is 0.880. The van der Waals surface area contributed by atoms with E-state index in [1.165, 1.54) is 12.0 Å². The third kappa shape index (κ3) is 4.25. The van der Waals surface area contributed by atoms with Crippen molar-refractivity contribution in [1.82, 2.24) is 9.97 Å². The largest absolute Gasteiger partial charge is 0.348 e. The monoisotopic (exact) mass is 274 g/mol. The molecule has 19 heavy (non-hydrogen) atoms. The number of rotatable bonds is 6. The summed E-state index contributed by atoms with van der Waals surface area (Å²) in [5, 5.41) is 0.880. The maximum absolute atomic E-state index is 6.12. The van der Waals surface area contributed by atoms with E-state index in [0.717, 1.165) is 35.7 Å². The van der Waals surface area contributed by atoms with Crippen LogP contribution in [0.3, 0.4) is 0 Å². The molecule has 0 aliphatic carbocycles. The molecular formula is C16H19ClN2. The Balaban J connectivity index is 1.69. The zero-order valence-electron chi connectivity index (χ0n) is 11.2. The summed E-state index contributed by atoms with van der Waals surface area (Å²) in [5.41, 5.74) is 3.40. The quantitative estimate of drug-likeness (QED) is 0.753. The highest BCUT2D eigenvalue weighted by atomic mass is 35.5. The molecule has 3 heteroatoms. The molecule has 0 unspecified atom stereocenters. The molecule has 2 nitrogen and oxygen atoms in total. The van der Waals surface area contributed by atoms with Crippen LogP contribution in [-0.2, 0) is 6.42 Å². The van der Waals surface area contributed by atoms with Crippen molar-refractivity contribution >= 4 is 17.7 Å². The third-order valence-electron chi connectivity index (χ3n) is 3.17. The van der Waals surface area contributed by atoms with E-state index in [2.05, 4.69) is 28.2 Å². The van der Waals surface area contributed by atoms with Crippen LogP contribution in [0.2, 0.25) is 5.02 Å². The summed E-state index contributed by atoms with van der Waals surface area (Å²) in [7, 11) is 0. The number of hydrogen-bond acceptors (Lipinski definition) is 1. The molecule has 0 atom stereocenters. The fourth-order valence-electron chi connectivity index (χ4n) is 2.01. The highest BCUT2D eigenvalue weighted by Gasteiger charge is 1.98. The van der Waals surface area contributed by atoms with Crippen molar-refractivity contribution in [2.75, 3.05) is 0 Å². The molecular weight excluding hydrogens is 256 g/mol. The molecule has 0 amide bonds. The van der Waals surface area contributed by atoms with E-state index in [-0.39, 0.29) is 0 Å². The molecule has 2 aromatic rings. The molecule has 1 N–H and O–H groups in total. The van der Waals surface area contributed by atoms with Gasteiger partial charge in [0.05, 0.1) is 12.0 Å². The maximum atomic E-state index is 6.12. The van der Waals surface area contributed by atoms with Crippen LogP contribution >= 0.6 is 11.6 Å². The minimum atomic E-state index is 0.880. The van der Waals surface area contributed by atoms with E-state index in [1.54, 1.807) is 6.33 Å². The molecule has 0 aliphatic rings. The number of aromatic nitrogens is 2. The lowest BCUT2D eigenvalue weighted by Crippen LogP contribution is -1.86. The molecule has 0 bridgehead atoms. The molecule has 1 heterocycles. The van der Waals surface area contributed by atoms with Gasteiger partial charge in [-0.05, 0) is 50.3 Å². The van der Waals surface area contributed by atoms with Crippen LogP contribution < -0.4 is 0 Å². The van der Waals surface area contributed by atoms with Crippen LogP contribution in [-0.4, -0.2) is 9.97 Å². The summed E-state index contributed by atoms with van der Waals surface area (Å²) >= 11 is 6.12. The van der Waals surface area contributed by atoms with Crippen molar-refractivity contribution in [2.45, 2.75) is 32.6 Å². The molecule has 0 spiro atoms. The van der Waals surface area contributed by atoms with Gasteiger partial charge in [0, 0.05) is 10.7 Å². The Bertz CT molecular complexity index is 543. The van der Waals surface area contributed by atoms with Crippen LogP contribution in [0.5, 0.6) is 0 Å². The van der Waals surface area contributed by atoms with E-state index in [9.17, 15) is 0 Å². The van der Waals surface area contributed by atoms with E-state index in [1.807, 2.05) is 25.1 Å². The molecule has 1 aromatic heterocycles. The Morgan fingerprint density at radius 2 is 2.11 bits per heavy atom. The van der Waals surface area contributed by atoms with Gasteiger partial charge in [-0.2, -0.15) is 0 Å². The lowest BCUT2D eigenvalue weighted by atomic mass is 10.1. The van der Waals surface area contributed by atoms with Gasteiger partial charge in [0.15, 0.2) is 0 Å². The Hall–Kier alpha value is -1.54. The molecule has 0 radical (unpaired) electrons. The van der Waals surface area contributed by atoms with Crippen molar-refractivity contribution < 1.29 is 0 Å². The predicted octanol–water partition coefficient (Wildman–Crippen LogP) is 4.80. The second-order valence-corrected chi connectivity index (χ2v) is 5.06. The summed E-state index contributed by atoms with van der Waals surface area (Å²) in [6.07, 6.45) is 10.5. The SMILES string of the molecule is Cc1[nH]cnc1C=CCCCCc1ccccc1Cl. The zero-order chi connectivity index (χ0) is 13.5. The van der Waals surface area contributed by atoms with Gasteiger partial charge in [0.25, 0.3) is 0 Å². The maximum Gasteiger partial charge on any atom is 0.0929 e. The third-order valence-corrected chi connectivity index (χ3v) is 3.54. The van der Waals surface area contributed by atoms with E-state index < -0.39 is 0 Å². The molecule has 1 aromatic carbocycles. The van der Waals surface area contributed by atoms with Gasteiger partial charge in [-0.3, -0.25) is 0 Å². The number of imidazole rings is 1. The molecule has 0 saturated carbocycles. The first-order chi connectivity index (χ1) is 9.27. The van der Waals surface area contributed by atoms with Crippen LogP contribution in [0, 0.1) is 6.92 Å². The summed E-state index contributed by atoms with van der Waals surface area (Å²) in [6.45, 7) is 2.03. The first-order valence-electron chi connectivity index (χ1n) is 6.67. The Morgan fingerprint density at radius 3 is 2.84 bits per heavy atom. The molecule has 2 rings (SSSR count). The van der Waals surface area contributed by atoms with Gasteiger partial charge in [0.2, 0.25) is 0 Å². The van der Waals surface area contributed by atoms with Crippen molar-refractivity contribution in [3.63, 3.8) is 0 Å². The van der Waals surface area contributed by atoms with Gasteiger partial charge in [-0.15, -0.1) is 0 Å². The Kier molecular flexibility index (Phi) is 5.22. The fourth-order valence-corrected chi connectivity index (χ4v) is 2.24. The van der Waals surface area contributed by atoms with Crippen LogP contribution in [0.1, 0.15) is 36.2 Å². The first kappa shape index (κ1) is 13.9. The van der Waals surface area contributed by atoms with Gasteiger partial charge in [0.1, 0.15) is 0 Å².